The van der Waals surface area contributed by atoms with Crippen molar-refractivity contribution in [1.29, 1.82) is 0 Å². The van der Waals surface area contributed by atoms with Gasteiger partial charge in [0.1, 0.15) is 11.6 Å². The van der Waals surface area contributed by atoms with Gasteiger partial charge in [-0.25, -0.2) is 23.1 Å². The fourth-order valence-electron chi connectivity index (χ4n) is 6.78. The van der Waals surface area contributed by atoms with Crippen LogP contribution >= 0.6 is 0 Å². The summed E-state index contributed by atoms with van der Waals surface area (Å²) in [6, 6.07) is 15.5. The van der Waals surface area contributed by atoms with Gasteiger partial charge in [-0.05, 0) is 67.0 Å². The van der Waals surface area contributed by atoms with E-state index < -0.39 is 17.0 Å². The van der Waals surface area contributed by atoms with Crippen LogP contribution in [0.3, 0.4) is 0 Å². The van der Waals surface area contributed by atoms with E-state index in [1.165, 1.54) is 31.4 Å². The third-order valence-corrected chi connectivity index (χ3v) is 9.98. The number of aryl methyl sites for hydroxylation is 1. The van der Waals surface area contributed by atoms with E-state index in [9.17, 15) is 4.79 Å². The van der Waals surface area contributed by atoms with E-state index in [2.05, 4.69) is 42.1 Å². The number of halogens is 2. The first-order valence-corrected chi connectivity index (χ1v) is 17.2. The van der Waals surface area contributed by atoms with E-state index in [0.29, 0.717) is 48.7 Å². The van der Waals surface area contributed by atoms with Crippen LogP contribution in [0, 0.1) is 23.0 Å². The van der Waals surface area contributed by atoms with Crippen LogP contribution in [0.5, 0.6) is 17.4 Å². The van der Waals surface area contributed by atoms with Crippen LogP contribution < -0.4 is 9.47 Å². The molecule has 52 heavy (non-hydrogen) atoms. The van der Waals surface area contributed by atoms with Crippen LogP contribution in [0.1, 0.15) is 63.1 Å². The van der Waals surface area contributed by atoms with Crippen LogP contribution in [0.15, 0.2) is 67.0 Å². The highest BCUT2D eigenvalue weighted by atomic mass is 19.1. The SMILES string of the molecule is COC(=O)C(C)Cc1cccc(C2(C)CCC(C)(C)COc3cn(nn3)Cc3c(c(F)cc4[nH]ccc34)Oc3ccc(F)c(c3)-c3nc2nn3C)c1. The maximum absolute atomic E-state index is 15.8. The van der Waals surface area contributed by atoms with Crippen LogP contribution in [-0.2, 0) is 35.0 Å². The maximum atomic E-state index is 15.8. The summed E-state index contributed by atoms with van der Waals surface area (Å²) in [4.78, 5) is 20.3. The van der Waals surface area contributed by atoms with Crippen LogP contribution in [0.25, 0.3) is 22.3 Å². The standard InChI is InChI=1S/C39H41F2N7O4/c1-23(36(49)50-6)16-24-8-7-9-25(17-24)39(4)14-13-38(2,3)22-51-33-21-48(46-44-33)20-29-27-12-15-42-32(27)19-31(41)34(29)52-26-10-11-30(40)28(18-26)35-43-37(39)45-47(35)5/h7-12,15,17-19,21,23,42H,13-14,16,20,22H2,1-6H3. The molecular weight excluding hydrogens is 668 g/mol. The van der Waals surface area contributed by atoms with Crippen LogP contribution in [0.2, 0.25) is 0 Å². The molecule has 7 rings (SSSR count). The summed E-state index contributed by atoms with van der Waals surface area (Å²) in [7, 11) is 3.11. The minimum Gasteiger partial charge on any atom is -0.475 e. The molecule has 270 valence electrons. The third-order valence-electron chi connectivity index (χ3n) is 9.98. The van der Waals surface area contributed by atoms with Crippen molar-refractivity contribution < 1.29 is 27.8 Å². The van der Waals surface area contributed by atoms with Crippen molar-refractivity contribution in [2.24, 2.45) is 18.4 Å². The highest BCUT2D eigenvalue weighted by molar-refractivity contribution is 5.85. The molecule has 1 N–H and O–H groups in total. The number of ether oxygens (including phenoxy) is 3. The van der Waals surface area contributed by atoms with Gasteiger partial charge in [-0.15, -0.1) is 0 Å². The molecule has 3 aromatic carbocycles. The van der Waals surface area contributed by atoms with Gasteiger partial charge in [-0.2, -0.15) is 5.10 Å². The summed E-state index contributed by atoms with van der Waals surface area (Å²) >= 11 is 0. The van der Waals surface area contributed by atoms with E-state index in [-0.39, 0.29) is 46.7 Å². The number of H-pyrrole nitrogens is 1. The van der Waals surface area contributed by atoms with E-state index >= 15 is 8.78 Å². The Bertz CT molecular complexity index is 2280. The molecule has 0 saturated heterocycles. The molecule has 0 amide bonds. The quantitative estimate of drug-likeness (QED) is 0.187. The average molecular weight is 710 g/mol. The summed E-state index contributed by atoms with van der Waals surface area (Å²) in [6.07, 6.45) is 5.21. The van der Waals surface area contributed by atoms with Gasteiger partial charge in [0.15, 0.2) is 23.2 Å². The number of hydrogen-bond donors (Lipinski definition) is 1. The van der Waals surface area contributed by atoms with Crippen molar-refractivity contribution in [2.75, 3.05) is 13.7 Å². The smallest absolute Gasteiger partial charge is 0.308 e. The Morgan fingerprint density at radius 2 is 1.90 bits per heavy atom. The largest absolute Gasteiger partial charge is 0.475 e. The molecule has 1 aliphatic rings. The molecule has 6 bridgehead atoms. The molecule has 3 aromatic heterocycles. The molecule has 13 heteroatoms. The number of carbonyl (C=O) groups is 1. The minimum atomic E-state index is -0.738. The van der Waals surface area contributed by atoms with Crippen molar-refractivity contribution >= 4 is 16.9 Å². The van der Waals surface area contributed by atoms with Crippen molar-refractivity contribution in [3.8, 4) is 28.8 Å². The fourth-order valence-corrected chi connectivity index (χ4v) is 6.78. The number of hydrogen-bond acceptors (Lipinski definition) is 8. The van der Waals surface area contributed by atoms with Crippen LogP contribution in [-0.4, -0.2) is 54.4 Å². The first-order valence-electron chi connectivity index (χ1n) is 17.2. The van der Waals surface area contributed by atoms with Gasteiger partial charge in [0.05, 0.1) is 43.4 Å². The van der Waals surface area contributed by atoms with Gasteiger partial charge in [-0.3, -0.25) is 4.79 Å². The third kappa shape index (κ3) is 6.74. The number of nitrogens with zero attached hydrogens (tertiary/aromatic N) is 6. The number of carbonyl (C=O) groups excluding carboxylic acids is 1. The van der Waals surface area contributed by atoms with Crippen molar-refractivity contribution in [2.45, 2.75) is 58.9 Å². The Balaban J connectivity index is 1.36. The van der Waals surface area contributed by atoms with Gasteiger partial charge in [0, 0.05) is 35.8 Å². The normalized spacial score (nSPS) is 17.9. The molecule has 0 aliphatic carbocycles. The first-order chi connectivity index (χ1) is 24.8. The van der Waals surface area contributed by atoms with Gasteiger partial charge < -0.3 is 19.2 Å². The second-order valence-corrected chi connectivity index (χ2v) is 14.6. The zero-order chi connectivity index (χ0) is 36.8. The molecule has 6 aromatic rings. The van der Waals surface area contributed by atoms with E-state index in [1.807, 2.05) is 31.2 Å². The maximum Gasteiger partial charge on any atom is 0.308 e. The summed E-state index contributed by atoms with van der Waals surface area (Å²) < 4.78 is 52.0. The fraction of sp³-hybridized carbons (Fsp3) is 0.359. The Kier molecular flexibility index (Phi) is 9.05. The van der Waals surface area contributed by atoms with Crippen molar-refractivity contribution in [3.05, 3.63) is 101 Å². The number of methoxy groups -OCH3 is 1. The number of esters is 1. The summed E-state index contributed by atoms with van der Waals surface area (Å²) in [5, 5.41) is 14.1. The highest BCUT2D eigenvalue weighted by Gasteiger charge is 2.37. The monoisotopic (exact) mass is 709 g/mol. The lowest BCUT2D eigenvalue weighted by molar-refractivity contribution is -0.144. The zero-order valence-corrected chi connectivity index (χ0v) is 30.0. The van der Waals surface area contributed by atoms with E-state index in [0.717, 1.165) is 16.5 Å². The summed E-state index contributed by atoms with van der Waals surface area (Å²) in [6.45, 7) is 8.63. The predicted octanol–water partition coefficient (Wildman–Crippen LogP) is 7.53. The molecule has 2 unspecified atom stereocenters. The second-order valence-electron chi connectivity index (χ2n) is 14.6. The Morgan fingerprint density at radius 3 is 2.71 bits per heavy atom. The molecule has 0 saturated carbocycles. The van der Waals surface area contributed by atoms with Crippen molar-refractivity contribution in [1.82, 2.24) is 34.7 Å². The molecular formula is C39H41F2N7O4. The molecule has 0 spiro atoms. The summed E-state index contributed by atoms with van der Waals surface area (Å²) in [5.74, 6) is -0.417. The molecule has 0 fully saturated rings. The Labute approximate surface area is 299 Å². The number of aromatic nitrogens is 7. The molecule has 2 atom stereocenters. The predicted molar refractivity (Wildman–Crippen MR) is 190 cm³/mol. The first kappa shape index (κ1) is 34.8. The molecule has 1 aliphatic heterocycles. The van der Waals surface area contributed by atoms with Gasteiger partial charge in [-0.1, -0.05) is 55.3 Å². The average Bonchev–Trinajstić information content (AvgIpc) is 3.88. The van der Waals surface area contributed by atoms with E-state index in [1.54, 1.807) is 28.8 Å². The van der Waals surface area contributed by atoms with Crippen molar-refractivity contribution in [3.63, 3.8) is 0 Å². The lowest BCUT2D eigenvalue weighted by Gasteiger charge is -2.32. The molecule has 4 heterocycles. The lowest BCUT2D eigenvalue weighted by atomic mass is 9.73. The number of nitrogens with one attached hydrogen (secondary N) is 1. The second kappa shape index (κ2) is 13.5. The number of aromatic amines is 1. The zero-order valence-electron chi connectivity index (χ0n) is 30.0. The molecule has 11 nitrogen and oxygen atoms in total. The van der Waals surface area contributed by atoms with Gasteiger partial charge >= 0.3 is 5.97 Å². The summed E-state index contributed by atoms with van der Waals surface area (Å²) in [5.41, 5.74) is 2.12. The van der Waals surface area contributed by atoms with Gasteiger partial charge in [0.2, 0.25) is 0 Å². The lowest BCUT2D eigenvalue weighted by Crippen LogP contribution is -2.30. The Hall–Kier alpha value is -5.59. The van der Waals surface area contributed by atoms with E-state index in [4.69, 9.17) is 24.3 Å². The topological polar surface area (TPSA) is 122 Å². The number of rotatable bonds is 4. The van der Waals surface area contributed by atoms with Gasteiger partial charge in [0.25, 0.3) is 5.88 Å². The number of benzene rings is 3. The minimum absolute atomic E-state index is 0.0192. The molecule has 0 radical (unpaired) electrons. The number of fused-ring (bicyclic) bond motifs is 10. The Morgan fingerprint density at radius 1 is 1.08 bits per heavy atom. The van der Waals surface area contributed by atoms with Crippen LogP contribution in [0.4, 0.5) is 8.78 Å². The highest BCUT2D eigenvalue weighted by Crippen LogP contribution is 2.41.